The molecule has 1 N–H and O–H groups in total. The first-order valence-corrected chi connectivity index (χ1v) is 5.58. The molecular formula is C11H15N5O2. The molecule has 96 valence electrons. The van der Waals surface area contributed by atoms with Crippen molar-refractivity contribution in [3.8, 4) is 0 Å². The number of aryl methyl sites for hydroxylation is 2. The Labute approximate surface area is 104 Å². The molecule has 2 aromatic heterocycles. The number of imidazole rings is 1. The minimum absolute atomic E-state index is 0.0529. The van der Waals surface area contributed by atoms with E-state index in [0.29, 0.717) is 17.9 Å². The normalized spacial score (nSPS) is 10.6. The van der Waals surface area contributed by atoms with Crippen LogP contribution < -0.4 is 0 Å². The van der Waals surface area contributed by atoms with Crippen LogP contribution in [-0.4, -0.2) is 38.1 Å². The lowest BCUT2D eigenvalue weighted by atomic mass is 10.2. The third-order valence-corrected chi connectivity index (χ3v) is 2.63. The van der Waals surface area contributed by atoms with Gasteiger partial charge in [-0.15, -0.1) is 0 Å². The number of nitrogens with one attached hydrogen (secondary N) is 1. The molecule has 2 heterocycles. The highest BCUT2D eigenvalue weighted by Crippen LogP contribution is 2.05. The maximum absolute atomic E-state index is 11.9. The number of hydrogen-bond donors (Lipinski definition) is 1. The van der Waals surface area contributed by atoms with Gasteiger partial charge in [-0.25, -0.2) is 9.61 Å². The van der Waals surface area contributed by atoms with Crippen molar-refractivity contribution < 1.29 is 9.42 Å². The summed E-state index contributed by atoms with van der Waals surface area (Å²) in [6.45, 7) is 4.12. The number of nitrogens with zero attached hydrogens (tertiary/aromatic N) is 4. The number of aromatic amines is 1. The molecule has 0 aliphatic heterocycles. The van der Waals surface area contributed by atoms with E-state index in [0.717, 1.165) is 11.5 Å². The summed E-state index contributed by atoms with van der Waals surface area (Å²) >= 11 is 0. The quantitative estimate of drug-likeness (QED) is 0.857. The summed E-state index contributed by atoms with van der Waals surface area (Å²) in [6.07, 6.45) is 1.92. The van der Waals surface area contributed by atoms with E-state index < -0.39 is 0 Å². The van der Waals surface area contributed by atoms with Crippen LogP contribution in [-0.2, 0) is 17.8 Å². The smallest absolute Gasteiger partial charge is 0.228 e. The van der Waals surface area contributed by atoms with Crippen LogP contribution in [0, 0.1) is 13.8 Å². The number of carbonyl (C=O) groups is 1. The van der Waals surface area contributed by atoms with Gasteiger partial charge >= 0.3 is 0 Å². The number of rotatable bonds is 4. The van der Waals surface area contributed by atoms with Crippen molar-refractivity contribution in [1.82, 2.24) is 25.2 Å². The maximum Gasteiger partial charge on any atom is 0.228 e. The number of aromatic nitrogens is 4. The Bertz CT molecular complexity index is 545. The van der Waals surface area contributed by atoms with Gasteiger partial charge in [0.25, 0.3) is 0 Å². The molecule has 0 atom stereocenters. The highest BCUT2D eigenvalue weighted by Gasteiger charge is 2.15. The molecule has 0 fully saturated rings. The average Bonchev–Trinajstić information content (AvgIpc) is 2.89. The zero-order valence-electron chi connectivity index (χ0n) is 10.6. The Morgan fingerprint density at radius 3 is 2.78 bits per heavy atom. The number of carbonyl (C=O) groups excluding carboxylic acids is 1. The van der Waals surface area contributed by atoms with Gasteiger partial charge in [-0.2, -0.15) is 0 Å². The second-order valence-corrected chi connectivity index (χ2v) is 4.24. The zero-order chi connectivity index (χ0) is 13.1. The molecule has 0 aliphatic carbocycles. The minimum atomic E-state index is -0.0529. The Morgan fingerprint density at radius 2 is 2.22 bits per heavy atom. The molecule has 2 aromatic rings. The molecule has 2 rings (SSSR count). The summed E-state index contributed by atoms with van der Waals surface area (Å²) < 4.78 is 4.56. The van der Waals surface area contributed by atoms with Crippen LogP contribution in [0.1, 0.15) is 22.9 Å². The molecule has 0 unspecified atom stereocenters. The monoisotopic (exact) mass is 249 g/mol. The molecule has 1 amide bonds. The molecule has 0 aromatic carbocycles. The molecule has 18 heavy (non-hydrogen) atoms. The lowest BCUT2D eigenvalue weighted by Crippen LogP contribution is -2.28. The number of amides is 1. The first-order valence-electron chi connectivity index (χ1n) is 5.58. The van der Waals surface area contributed by atoms with E-state index in [1.54, 1.807) is 25.1 Å². The van der Waals surface area contributed by atoms with Gasteiger partial charge in [-0.3, -0.25) is 4.79 Å². The van der Waals surface area contributed by atoms with Gasteiger partial charge in [0.15, 0.2) is 0 Å². The van der Waals surface area contributed by atoms with E-state index >= 15 is 0 Å². The first kappa shape index (κ1) is 12.3. The van der Waals surface area contributed by atoms with Crippen molar-refractivity contribution in [2.75, 3.05) is 7.05 Å². The zero-order valence-corrected chi connectivity index (χ0v) is 10.6. The Kier molecular flexibility index (Phi) is 3.40. The standard InChI is InChI=1S/C11H15N5O2/c1-7-5-12-10(13-7)6-16(3)11(17)4-9-8(2)14-18-15-9/h5H,4,6H2,1-3H3,(H,12,13). The second-order valence-electron chi connectivity index (χ2n) is 4.24. The summed E-state index contributed by atoms with van der Waals surface area (Å²) in [5, 5.41) is 7.33. The Hall–Kier alpha value is -2.18. The van der Waals surface area contributed by atoms with E-state index in [2.05, 4.69) is 24.9 Å². The summed E-state index contributed by atoms with van der Waals surface area (Å²) in [7, 11) is 1.73. The van der Waals surface area contributed by atoms with Crippen molar-refractivity contribution in [2.45, 2.75) is 26.8 Å². The van der Waals surface area contributed by atoms with Crippen LogP contribution in [0.5, 0.6) is 0 Å². The van der Waals surface area contributed by atoms with Crippen molar-refractivity contribution in [1.29, 1.82) is 0 Å². The fourth-order valence-electron chi connectivity index (χ4n) is 1.55. The van der Waals surface area contributed by atoms with Crippen LogP contribution in [0.25, 0.3) is 0 Å². The molecule has 0 bridgehead atoms. The summed E-state index contributed by atoms with van der Waals surface area (Å²) in [4.78, 5) is 20.8. The lowest BCUT2D eigenvalue weighted by molar-refractivity contribution is -0.129. The van der Waals surface area contributed by atoms with E-state index in [-0.39, 0.29) is 12.3 Å². The van der Waals surface area contributed by atoms with Gasteiger partial charge in [-0.05, 0) is 13.8 Å². The fourth-order valence-corrected chi connectivity index (χ4v) is 1.55. The first-order chi connectivity index (χ1) is 8.56. The maximum atomic E-state index is 11.9. The fraction of sp³-hybridized carbons (Fsp3) is 0.455. The largest absolute Gasteiger partial charge is 0.345 e. The van der Waals surface area contributed by atoms with Gasteiger partial charge in [-0.1, -0.05) is 10.3 Å². The second kappa shape index (κ2) is 4.99. The van der Waals surface area contributed by atoms with Crippen LogP contribution in [0.4, 0.5) is 0 Å². The highest BCUT2D eigenvalue weighted by atomic mass is 16.6. The summed E-state index contributed by atoms with van der Waals surface area (Å²) in [5.74, 6) is 0.709. The van der Waals surface area contributed by atoms with E-state index in [1.165, 1.54) is 0 Å². The predicted octanol–water partition coefficient (Wildman–Crippen LogP) is 0.611. The van der Waals surface area contributed by atoms with Gasteiger partial charge in [0.1, 0.15) is 17.2 Å². The van der Waals surface area contributed by atoms with Crippen molar-refractivity contribution in [2.24, 2.45) is 0 Å². The topological polar surface area (TPSA) is 87.9 Å². The number of likely N-dealkylation sites (N-methyl/N-ethyl adjacent to an activating group) is 1. The van der Waals surface area contributed by atoms with Crippen molar-refractivity contribution in [3.63, 3.8) is 0 Å². The Balaban J connectivity index is 1.95. The molecule has 7 heteroatoms. The minimum Gasteiger partial charge on any atom is -0.345 e. The van der Waals surface area contributed by atoms with Gasteiger partial charge in [0.05, 0.1) is 13.0 Å². The van der Waals surface area contributed by atoms with E-state index in [4.69, 9.17) is 0 Å². The molecule has 0 saturated carbocycles. The molecule has 0 aliphatic rings. The van der Waals surface area contributed by atoms with Crippen molar-refractivity contribution in [3.05, 3.63) is 29.1 Å². The van der Waals surface area contributed by atoms with E-state index in [9.17, 15) is 4.79 Å². The van der Waals surface area contributed by atoms with Crippen LogP contribution in [0.2, 0.25) is 0 Å². The molecule has 0 saturated heterocycles. The average molecular weight is 249 g/mol. The highest BCUT2D eigenvalue weighted by molar-refractivity contribution is 5.78. The lowest BCUT2D eigenvalue weighted by Gasteiger charge is -2.14. The van der Waals surface area contributed by atoms with Gasteiger partial charge < -0.3 is 9.88 Å². The molecule has 7 nitrogen and oxygen atoms in total. The molecular weight excluding hydrogens is 234 g/mol. The third-order valence-electron chi connectivity index (χ3n) is 2.63. The van der Waals surface area contributed by atoms with Crippen LogP contribution >= 0.6 is 0 Å². The molecule has 0 spiro atoms. The summed E-state index contributed by atoms with van der Waals surface area (Å²) in [6, 6.07) is 0. The Morgan fingerprint density at radius 1 is 1.44 bits per heavy atom. The SMILES string of the molecule is Cc1cnc(CN(C)C(=O)Cc2nonc2C)[nH]1. The van der Waals surface area contributed by atoms with Crippen LogP contribution in [0.15, 0.2) is 10.8 Å². The van der Waals surface area contributed by atoms with Gasteiger partial charge in [0, 0.05) is 18.9 Å². The third kappa shape index (κ3) is 2.73. The predicted molar refractivity (Wildman–Crippen MR) is 62.5 cm³/mol. The van der Waals surface area contributed by atoms with Crippen LogP contribution in [0.3, 0.4) is 0 Å². The number of hydrogen-bond acceptors (Lipinski definition) is 5. The van der Waals surface area contributed by atoms with Crippen molar-refractivity contribution >= 4 is 5.91 Å². The number of H-pyrrole nitrogens is 1. The molecule has 0 radical (unpaired) electrons. The van der Waals surface area contributed by atoms with E-state index in [1.807, 2.05) is 6.92 Å². The van der Waals surface area contributed by atoms with Gasteiger partial charge in [0.2, 0.25) is 5.91 Å². The summed E-state index contributed by atoms with van der Waals surface area (Å²) in [5.41, 5.74) is 2.19.